The van der Waals surface area contributed by atoms with Gasteiger partial charge < -0.3 is 9.88 Å². The maximum absolute atomic E-state index is 12.9. The molecule has 27 heavy (non-hydrogen) atoms. The highest BCUT2D eigenvalue weighted by Crippen LogP contribution is 2.50. The van der Waals surface area contributed by atoms with Crippen LogP contribution in [0.5, 0.6) is 0 Å². The lowest BCUT2D eigenvalue weighted by molar-refractivity contribution is -0.133. The molecule has 1 amide bonds. The molecule has 1 aliphatic carbocycles. The fraction of sp³-hybridized carbons (Fsp3) is 0.364. The highest BCUT2D eigenvalue weighted by atomic mass is 35.5. The molecular formula is C22H22ClN3O. The van der Waals surface area contributed by atoms with Crippen molar-refractivity contribution in [2.24, 2.45) is 5.92 Å². The Kier molecular flexibility index (Phi) is 4.16. The zero-order chi connectivity index (χ0) is 18.4. The molecule has 1 aromatic heterocycles. The zero-order valence-electron chi connectivity index (χ0n) is 15.1. The SMILES string of the molecule is O=C(C1CC1c1ccccc1Cl)N1CCC(c2nc3ccccc3[nH]2)CC1. The van der Waals surface area contributed by atoms with Crippen LogP contribution in [0.25, 0.3) is 11.0 Å². The summed E-state index contributed by atoms with van der Waals surface area (Å²) in [5.41, 5.74) is 3.23. The van der Waals surface area contributed by atoms with E-state index in [2.05, 4.69) is 11.1 Å². The summed E-state index contributed by atoms with van der Waals surface area (Å²) in [7, 11) is 0. The second-order valence-electron chi connectivity index (χ2n) is 7.71. The van der Waals surface area contributed by atoms with Crippen molar-refractivity contribution in [3.63, 3.8) is 0 Å². The van der Waals surface area contributed by atoms with Crippen molar-refractivity contribution in [1.29, 1.82) is 0 Å². The van der Waals surface area contributed by atoms with Crippen molar-refractivity contribution in [3.05, 3.63) is 64.9 Å². The number of halogens is 1. The summed E-state index contributed by atoms with van der Waals surface area (Å²) >= 11 is 6.30. The van der Waals surface area contributed by atoms with E-state index in [9.17, 15) is 4.79 Å². The molecule has 2 unspecified atom stereocenters. The average molecular weight is 380 g/mol. The van der Waals surface area contributed by atoms with Gasteiger partial charge in [0.2, 0.25) is 5.91 Å². The van der Waals surface area contributed by atoms with Gasteiger partial charge in [0.05, 0.1) is 11.0 Å². The third kappa shape index (κ3) is 3.12. The van der Waals surface area contributed by atoms with Gasteiger partial charge >= 0.3 is 0 Å². The number of imidazole rings is 1. The number of H-pyrrole nitrogens is 1. The first-order chi connectivity index (χ1) is 13.2. The van der Waals surface area contributed by atoms with Gasteiger partial charge in [0.15, 0.2) is 0 Å². The van der Waals surface area contributed by atoms with Gasteiger partial charge in [0.1, 0.15) is 5.82 Å². The van der Waals surface area contributed by atoms with E-state index < -0.39 is 0 Å². The number of carbonyl (C=O) groups is 1. The van der Waals surface area contributed by atoms with E-state index in [1.807, 2.05) is 47.4 Å². The predicted octanol–water partition coefficient (Wildman–Crippen LogP) is 4.73. The van der Waals surface area contributed by atoms with Gasteiger partial charge in [-0.15, -0.1) is 0 Å². The molecule has 1 saturated heterocycles. The second-order valence-corrected chi connectivity index (χ2v) is 8.12. The Morgan fingerprint density at radius 2 is 1.81 bits per heavy atom. The molecule has 0 radical (unpaired) electrons. The van der Waals surface area contributed by atoms with Gasteiger partial charge in [-0.2, -0.15) is 0 Å². The Balaban J connectivity index is 1.22. The van der Waals surface area contributed by atoms with Crippen LogP contribution in [0.2, 0.25) is 5.02 Å². The van der Waals surface area contributed by atoms with Crippen molar-refractivity contribution in [2.75, 3.05) is 13.1 Å². The lowest BCUT2D eigenvalue weighted by Crippen LogP contribution is -2.39. The van der Waals surface area contributed by atoms with Crippen molar-refractivity contribution in [1.82, 2.24) is 14.9 Å². The van der Waals surface area contributed by atoms with Gasteiger partial charge in [-0.05, 0) is 48.9 Å². The summed E-state index contributed by atoms with van der Waals surface area (Å²) in [5, 5.41) is 0.779. The summed E-state index contributed by atoms with van der Waals surface area (Å²) in [5.74, 6) is 2.15. The number of nitrogens with one attached hydrogen (secondary N) is 1. The van der Waals surface area contributed by atoms with Crippen LogP contribution in [-0.4, -0.2) is 33.9 Å². The fourth-order valence-corrected chi connectivity index (χ4v) is 4.64. The third-order valence-electron chi connectivity index (χ3n) is 6.01. The lowest BCUT2D eigenvalue weighted by atomic mass is 9.95. The first-order valence-electron chi connectivity index (χ1n) is 9.68. The Hall–Kier alpha value is -2.33. The first-order valence-corrected chi connectivity index (χ1v) is 10.1. The topological polar surface area (TPSA) is 49.0 Å². The van der Waals surface area contributed by atoms with Gasteiger partial charge in [0, 0.05) is 29.9 Å². The van der Waals surface area contributed by atoms with E-state index >= 15 is 0 Å². The molecule has 2 atom stereocenters. The molecule has 5 rings (SSSR count). The molecule has 138 valence electrons. The number of para-hydroxylation sites is 2. The van der Waals surface area contributed by atoms with E-state index in [0.29, 0.717) is 17.7 Å². The van der Waals surface area contributed by atoms with Crippen LogP contribution in [0.15, 0.2) is 48.5 Å². The fourth-order valence-electron chi connectivity index (χ4n) is 4.36. The van der Waals surface area contributed by atoms with E-state index in [1.54, 1.807) is 0 Å². The van der Waals surface area contributed by atoms with Gasteiger partial charge in [0.25, 0.3) is 0 Å². The van der Waals surface area contributed by atoms with E-state index in [4.69, 9.17) is 16.6 Å². The van der Waals surface area contributed by atoms with Crippen LogP contribution in [0, 0.1) is 5.92 Å². The molecule has 3 aromatic rings. The number of piperidine rings is 1. The van der Waals surface area contributed by atoms with Crippen LogP contribution in [0.1, 0.15) is 42.5 Å². The highest BCUT2D eigenvalue weighted by molar-refractivity contribution is 6.31. The molecule has 1 saturated carbocycles. The van der Waals surface area contributed by atoms with Crippen LogP contribution >= 0.6 is 11.6 Å². The molecule has 2 fully saturated rings. The molecule has 2 heterocycles. The molecule has 2 aliphatic rings. The molecule has 0 bridgehead atoms. The van der Waals surface area contributed by atoms with Gasteiger partial charge in [-0.3, -0.25) is 4.79 Å². The Morgan fingerprint density at radius 3 is 2.59 bits per heavy atom. The van der Waals surface area contributed by atoms with Crippen molar-refractivity contribution in [2.45, 2.75) is 31.1 Å². The number of likely N-dealkylation sites (tertiary alicyclic amines) is 1. The minimum absolute atomic E-state index is 0.104. The van der Waals surface area contributed by atoms with Gasteiger partial charge in [-0.1, -0.05) is 41.9 Å². The number of aromatic amines is 1. The second kappa shape index (κ2) is 6.68. The first kappa shape index (κ1) is 16.8. The number of hydrogen-bond acceptors (Lipinski definition) is 2. The molecule has 4 nitrogen and oxygen atoms in total. The van der Waals surface area contributed by atoms with Crippen molar-refractivity contribution in [3.8, 4) is 0 Å². The number of nitrogens with zero attached hydrogens (tertiary/aromatic N) is 2. The minimum Gasteiger partial charge on any atom is -0.342 e. The van der Waals surface area contributed by atoms with Crippen LogP contribution in [0.4, 0.5) is 0 Å². The zero-order valence-corrected chi connectivity index (χ0v) is 15.8. The quantitative estimate of drug-likeness (QED) is 0.715. The normalized spacial score (nSPS) is 22.9. The average Bonchev–Trinajstić information content (AvgIpc) is 3.37. The maximum Gasteiger partial charge on any atom is 0.226 e. The number of benzene rings is 2. The number of fused-ring (bicyclic) bond motifs is 1. The largest absolute Gasteiger partial charge is 0.342 e. The molecule has 5 heteroatoms. The Labute approximate surface area is 163 Å². The molecule has 1 aliphatic heterocycles. The van der Waals surface area contributed by atoms with Gasteiger partial charge in [-0.25, -0.2) is 4.98 Å². The van der Waals surface area contributed by atoms with Crippen molar-refractivity contribution >= 4 is 28.5 Å². The van der Waals surface area contributed by atoms with E-state index in [1.165, 1.54) is 0 Å². The number of aromatic nitrogens is 2. The lowest BCUT2D eigenvalue weighted by Gasteiger charge is -2.31. The van der Waals surface area contributed by atoms with Crippen LogP contribution in [-0.2, 0) is 4.79 Å². The predicted molar refractivity (Wildman–Crippen MR) is 107 cm³/mol. The number of hydrogen-bond donors (Lipinski definition) is 1. The van der Waals surface area contributed by atoms with E-state index in [-0.39, 0.29) is 5.92 Å². The Bertz CT molecular complexity index is 957. The summed E-state index contributed by atoms with van der Waals surface area (Å²) in [6.45, 7) is 1.62. The van der Waals surface area contributed by atoms with Crippen molar-refractivity contribution < 1.29 is 4.79 Å². The molecular weight excluding hydrogens is 358 g/mol. The van der Waals surface area contributed by atoms with Crippen LogP contribution < -0.4 is 0 Å². The molecule has 1 N–H and O–H groups in total. The standard InChI is InChI=1S/C22H22ClN3O/c23-18-6-2-1-5-15(18)16-13-17(16)22(27)26-11-9-14(10-12-26)21-24-19-7-3-4-8-20(19)25-21/h1-8,14,16-17H,9-13H2,(H,24,25). The molecule has 0 spiro atoms. The summed E-state index contributed by atoms with van der Waals surface area (Å²) < 4.78 is 0. The number of carbonyl (C=O) groups excluding carboxylic acids is 1. The minimum atomic E-state index is 0.104. The summed E-state index contributed by atoms with van der Waals surface area (Å²) in [6, 6.07) is 16.0. The van der Waals surface area contributed by atoms with Crippen LogP contribution in [0.3, 0.4) is 0 Å². The molecule has 2 aromatic carbocycles. The maximum atomic E-state index is 12.9. The number of rotatable bonds is 3. The highest BCUT2D eigenvalue weighted by Gasteiger charge is 2.46. The smallest absolute Gasteiger partial charge is 0.226 e. The Morgan fingerprint density at radius 1 is 1.07 bits per heavy atom. The third-order valence-corrected chi connectivity index (χ3v) is 6.36. The summed E-state index contributed by atoms with van der Waals surface area (Å²) in [6.07, 6.45) is 2.86. The number of amides is 1. The monoisotopic (exact) mass is 379 g/mol. The van der Waals surface area contributed by atoms with E-state index in [0.717, 1.165) is 59.8 Å². The summed E-state index contributed by atoms with van der Waals surface area (Å²) in [4.78, 5) is 23.1.